The average Bonchev–Trinajstić information content (AvgIpc) is 2.96. The van der Waals surface area contributed by atoms with Gasteiger partial charge in [0.05, 0.1) is 0 Å². The van der Waals surface area contributed by atoms with Crippen LogP contribution in [0.25, 0.3) is 0 Å². The van der Waals surface area contributed by atoms with Gasteiger partial charge >= 0.3 is 0 Å². The Hall–Kier alpha value is -1.31. The molecular weight excluding hydrogens is 246 g/mol. The van der Waals surface area contributed by atoms with E-state index in [4.69, 9.17) is 0 Å². The van der Waals surface area contributed by atoms with Gasteiger partial charge in [0.1, 0.15) is 0 Å². The van der Waals surface area contributed by atoms with Crippen molar-refractivity contribution in [3.05, 3.63) is 35.9 Å². The SMILES string of the molecule is CC1(C(=O)N2CCC(c3ccccc3)CC2)CCCC1. The molecule has 0 aromatic heterocycles. The Bertz CT molecular complexity index is 454. The minimum absolute atomic E-state index is 0.0560. The van der Waals surface area contributed by atoms with Crippen LogP contribution in [0.4, 0.5) is 0 Å². The largest absolute Gasteiger partial charge is 0.342 e. The Morgan fingerprint density at radius 2 is 1.70 bits per heavy atom. The molecule has 2 nitrogen and oxygen atoms in total. The highest BCUT2D eigenvalue weighted by Crippen LogP contribution is 2.40. The van der Waals surface area contributed by atoms with Crippen LogP contribution >= 0.6 is 0 Å². The van der Waals surface area contributed by atoms with Crippen molar-refractivity contribution >= 4 is 5.91 Å². The van der Waals surface area contributed by atoms with Gasteiger partial charge in [0.15, 0.2) is 0 Å². The summed E-state index contributed by atoms with van der Waals surface area (Å²) >= 11 is 0. The number of hydrogen-bond donors (Lipinski definition) is 0. The number of piperidine rings is 1. The lowest BCUT2D eigenvalue weighted by molar-refractivity contribution is -0.142. The first-order valence-electron chi connectivity index (χ1n) is 8.03. The second-order valence-electron chi connectivity index (χ2n) is 6.74. The van der Waals surface area contributed by atoms with Gasteiger partial charge in [-0.3, -0.25) is 4.79 Å². The zero-order valence-electron chi connectivity index (χ0n) is 12.5. The monoisotopic (exact) mass is 271 g/mol. The fourth-order valence-corrected chi connectivity index (χ4v) is 3.89. The minimum Gasteiger partial charge on any atom is -0.342 e. The number of nitrogens with zero attached hydrogens (tertiary/aromatic N) is 1. The second kappa shape index (κ2) is 5.59. The van der Waals surface area contributed by atoms with Crippen molar-refractivity contribution in [1.29, 1.82) is 0 Å². The maximum absolute atomic E-state index is 12.7. The van der Waals surface area contributed by atoms with Crippen LogP contribution in [0.2, 0.25) is 0 Å². The molecule has 1 saturated heterocycles. The molecule has 3 rings (SSSR count). The van der Waals surface area contributed by atoms with Crippen molar-refractivity contribution in [2.45, 2.75) is 51.4 Å². The molecule has 1 aliphatic heterocycles. The number of amides is 1. The molecule has 108 valence electrons. The third-order valence-electron chi connectivity index (χ3n) is 5.28. The molecule has 2 heteroatoms. The molecule has 20 heavy (non-hydrogen) atoms. The molecule has 2 fully saturated rings. The predicted molar refractivity (Wildman–Crippen MR) is 81.6 cm³/mol. The Balaban J connectivity index is 1.60. The molecule has 1 saturated carbocycles. The summed E-state index contributed by atoms with van der Waals surface area (Å²) in [4.78, 5) is 14.8. The summed E-state index contributed by atoms with van der Waals surface area (Å²) in [5, 5.41) is 0. The van der Waals surface area contributed by atoms with E-state index in [9.17, 15) is 4.79 Å². The van der Waals surface area contributed by atoms with Crippen molar-refractivity contribution in [3.63, 3.8) is 0 Å². The minimum atomic E-state index is -0.0560. The lowest BCUT2D eigenvalue weighted by Crippen LogP contribution is -2.45. The Morgan fingerprint density at radius 3 is 2.30 bits per heavy atom. The molecule has 1 amide bonds. The van der Waals surface area contributed by atoms with E-state index in [1.165, 1.54) is 18.4 Å². The molecule has 1 heterocycles. The fraction of sp³-hybridized carbons (Fsp3) is 0.611. The van der Waals surface area contributed by atoms with Crippen molar-refractivity contribution in [2.24, 2.45) is 5.41 Å². The number of carbonyl (C=O) groups is 1. The molecule has 0 N–H and O–H groups in total. The van der Waals surface area contributed by atoms with Crippen LogP contribution in [0.3, 0.4) is 0 Å². The molecular formula is C18H25NO. The second-order valence-corrected chi connectivity index (χ2v) is 6.74. The van der Waals surface area contributed by atoms with E-state index >= 15 is 0 Å². The van der Waals surface area contributed by atoms with Gasteiger partial charge in [0.2, 0.25) is 5.91 Å². The van der Waals surface area contributed by atoms with Crippen LogP contribution in [0.5, 0.6) is 0 Å². The standard InChI is InChI=1S/C18H25NO/c1-18(11-5-6-12-18)17(20)19-13-9-16(10-14-19)15-7-3-2-4-8-15/h2-4,7-8,16H,5-6,9-14H2,1H3. The van der Waals surface area contributed by atoms with Gasteiger partial charge in [-0.15, -0.1) is 0 Å². The summed E-state index contributed by atoms with van der Waals surface area (Å²) in [6.07, 6.45) is 6.86. The molecule has 2 aliphatic rings. The number of likely N-dealkylation sites (tertiary alicyclic amines) is 1. The molecule has 0 unspecified atom stereocenters. The third-order valence-corrected chi connectivity index (χ3v) is 5.28. The molecule has 1 aromatic carbocycles. The predicted octanol–water partition coefficient (Wildman–Crippen LogP) is 3.97. The maximum Gasteiger partial charge on any atom is 0.228 e. The highest BCUT2D eigenvalue weighted by atomic mass is 16.2. The summed E-state index contributed by atoms with van der Waals surface area (Å²) in [6.45, 7) is 4.05. The van der Waals surface area contributed by atoms with Gasteiger partial charge in [-0.25, -0.2) is 0 Å². The highest BCUT2D eigenvalue weighted by molar-refractivity contribution is 5.82. The van der Waals surface area contributed by atoms with Crippen molar-refractivity contribution in [1.82, 2.24) is 4.90 Å². The van der Waals surface area contributed by atoms with Gasteiger partial charge in [0.25, 0.3) is 0 Å². The number of hydrogen-bond acceptors (Lipinski definition) is 1. The smallest absolute Gasteiger partial charge is 0.228 e. The summed E-state index contributed by atoms with van der Waals surface area (Å²) in [5.41, 5.74) is 1.38. The Kier molecular flexibility index (Phi) is 3.82. The number of rotatable bonds is 2. The summed E-state index contributed by atoms with van der Waals surface area (Å²) in [7, 11) is 0. The van der Waals surface area contributed by atoms with E-state index in [0.29, 0.717) is 11.8 Å². The van der Waals surface area contributed by atoms with E-state index in [2.05, 4.69) is 42.2 Å². The van der Waals surface area contributed by atoms with Crippen LogP contribution < -0.4 is 0 Å². The van der Waals surface area contributed by atoms with E-state index in [0.717, 1.165) is 38.8 Å². The lowest BCUT2D eigenvalue weighted by Gasteiger charge is -2.37. The number of carbonyl (C=O) groups excluding carboxylic acids is 1. The molecule has 1 aliphatic carbocycles. The summed E-state index contributed by atoms with van der Waals surface area (Å²) in [6, 6.07) is 10.8. The van der Waals surface area contributed by atoms with Crippen molar-refractivity contribution in [2.75, 3.05) is 13.1 Å². The molecule has 1 aromatic rings. The van der Waals surface area contributed by atoms with E-state index in [1.807, 2.05) is 0 Å². The highest BCUT2D eigenvalue weighted by Gasteiger charge is 2.39. The Morgan fingerprint density at radius 1 is 1.10 bits per heavy atom. The zero-order valence-corrected chi connectivity index (χ0v) is 12.5. The summed E-state index contributed by atoms with van der Waals surface area (Å²) in [5.74, 6) is 1.05. The molecule has 0 atom stereocenters. The van der Waals surface area contributed by atoms with Crippen molar-refractivity contribution < 1.29 is 4.79 Å². The van der Waals surface area contributed by atoms with Gasteiger partial charge in [0, 0.05) is 18.5 Å². The van der Waals surface area contributed by atoms with Gasteiger partial charge in [-0.05, 0) is 37.2 Å². The number of benzene rings is 1. The lowest BCUT2D eigenvalue weighted by atomic mass is 9.84. The molecule has 0 spiro atoms. The van der Waals surface area contributed by atoms with Crippen molar-refractivity contribution in [3.8, 4) is 0 Å². The van der Waals surface area contributed by atoms with Crippen LogP contribution in [-0.4, -0.2) is 23.9 Å². The molecule has 0 bridgehead atoms. The van der Waals surface area contributed by atoms with Crippen LogP contribution in [-0.2, 0) is 4.79 Å². The van der Waals surface area contributed by atoms with Gasteiger partial charge in [-0.2, -0.15) is 0 Å². The van der Waals surface area contributed by atoms with E-state index in [-0.39, 0.29) is 5.41 Å². The first kappa shape index (κ1) is 13.7. The van der Waals surface area contributed by atoms with Crippen LogP contribution in [0.15, 0.2) is 30.3 Å². The maximum atomic E-state index is 12.7. The normalized spacial score (nSPS) is 22.9. The van der Waals surface area contributed by atoms with Crippen LogP contribution in [0.1, 0.15) is 56.9 Å². The van der Waals surface area contributed by atoms with Gasteiger partial charge in [-0.1, -0.05) is 50.1 Å². The quantitative estimate of drug-likeness (QED) is 0.797. The Labute approximate surface area is 122 Å². The molecule has 0 radical (unpaired) electrons. The van der Waals surface area contributed by atoms with E-state index < -0.39 is 0 Å². The first-order valence-corrected chi connectivity index (χ1v) is 8.03. The fourth-order valence-electron chi connectivity index (χ4n) is 3.89. The van der Waals surface area contributed by atoms with Gasteiger partial charge < -0.3 is 4.90 Å². The average molecular weight is 271 g/mol. The topological polar surface area (TPSA) is 20.3 Å². The van der Waals surface area contributed by atoms with Crippen LogP contribution in [0, 0.1) is 5.41 Å². The van der Waals surface area contributed by atoms with E-state index in [1.54, 1.807) is 0 Å². The first-order chi connectivity index (χ1) is 9.69. The third kappa shape index (κ3) is 2.61. The zero-order chi connectivity index (χ0) is 14.0. The summed E-state index contributed by atoms with van der Waals surface area (Å²) < 4.78 is 0.